The molecular formula is C25H27ClO2Sn. The minimum absolute atomic E-state index is 0.264. The standard InChI is InChI=1S/C13H18O2.2C6H5.ClH.Sn/c1-9(2)8-11-4-6-12(7-5-11)10(3)13(14)15;2*1-2-4-6-5-3-1;;/h4-7,9-10H,8H2,1-3H3,(H,14,15);2*1-5H;1H;/q;;;;+2/p-2. The molecule has 0 heterocycles. The molecule has 0 aliphatic rings. The van der Waals surface area contributed by atoms with E-state index in [1.807, 2.05) is 79.7 Å². The van der Waals surface area contributed by atoms with Gasteiger partial charge in [-0.25, -0.2) is 0 Å². The third-order valence-corrected chi connectivity index (χ3v) is 16.0. The predicted molar refractivity (Wildman–Crippen MR) is 123 cm³/mol. The monoisotopic (exact) mass is 514 g/mol. The quantitative estimate of drug-likeness (QED) is 0.415. The van der Waals surface area contributed by atoms with Gasteiger partial charge in [0.25, 0.3) is 0 Å². The fraction of sp³-hybridized carbons (Fsp3) is 0.240. The Kier molecular flexibility index (Phi) is 7.42. The Bertz CT molecular complexity index is 885. The summed E-state index contributed by atoms with van der Waals surface area (Å²) >= 11 is -4.09. The first-order valence-corrected chi connectivity index (χ1v) is 17.6. The zero-order valence-electron chi connectivity index (χ0n) is 17.1. The summed E-state index contributed by atoms with van der Waals surface area (Å²) in [7, 11) is 7.17. The molecule has 2 nitrogen and oxygen atoms in total. The normalized spacial score (nSPS) is 12.6. The van der Waals surface area contributed by atoms with E-state index in [1.165, 1.54) is 5.56 Å². The Morgan fingerprint density at radius 1 is 0.828 bits per heavy atom. The Hall–Kier alpha value is -1.78. The van der Waals surface area contributed by atoms with E-state index in [0.29, 0.717) is 5.92 Å². The molecule has 3 aromatic carbocycles. The molecule has 1 unspecified atom stereocenters. The number of hydrogen-bond acceptors (Lipinski definition) is 2. The molecule has 1 atom stereocenters. The minimum atomic E-state index is -4.09. The summed E-state index contributed by atoms with van der Waals surface area (Å²) in [4.78, 5) is 13.1. The second-order valence-electron chi connectivity index (χ2n) is 7.81. The van der Waals surface area contributed by atoms with Crippen LogP contribution in [0.25, 0.3) is 0 Å². The van der Waals surface area contributed by atoms with E-state index in [2.05, 4.69) is 26.0 Å². The van der Waals surface area contributed by atoms with Crippen molar-refractivity contribution in [3.63, 3.8) is 0 Å². The van der Waals surface area contributed by atoms with Crippen LogP contribution in [0.4, 0.5) is 0 Å². The van der Waals surface area contributed by atoms with Gasteiger partial charge in [-0.1, -0.05) is 0 Å². The summed E-state index contributed by atoms with van der Waals surface area (Å²) in [6, 6.07) is 27.8. The van der Waals surface area contributed by atoms with Gasteiger partial charge in [0.15, 0.2) is 0 Å². The third-order valence-electron chi connectivity index (χ3n) is 5.01. The zero-order chi connectivity index (χ0) is 20.9. The first-order chi connectivity index (χ1) is 13.9. The van der Waals surface area contributed by atoms with Gasteiger partial charge in [-0.3, -0.25) is 0 Å². The molecule has 3 aromatic rings. The summed E-state index contributed by atoms with van der Waals surface area (Å²) in [5, 5.41) is 0. The van der Waals surface area contributed by atoms with Gasteiger partial charge >= 0.3 is 183 Å². The number of rotatable bonds is 7. The van der Waals surface area contributed by atoms with Crippen molar-refractivity contribution < 1.29 is 7.87 Å². The molecule has 150 valence electrons. The van der Waals surface area contributed by atoms with E-state index in [-0.39, 0.29) is 11.9 Å². The van der Waals surface area contributed by atoms with Crippen molar-refractivity contribution in [2.24, 2.45) is 5.92 Å². The second-order valence-corrected chi connectivity index (χ2v) is 18.7. The number of carbonyl (C=O) groups is 1. The number of benzene rings is 3. The van der Waals surface area contributed by atoms with Crippen molar-refractivity contribution in [3.05, 3.63) is 96.1 Å². The van der Waals surface area contributed by atoms with Gasteiger partial charge in [-0.2, -0.15) is 0 Å². The molecule has 0 N–H and O–H groups in total. The van der Waals surface area contributed by atoms with Crippen LogP contribution in [0.2, 0.25) is 0 Å². The van der Waals surface area contributed by atoms with E-state index in [4.69, 9.17) is 12.0 Å². The molecule has 0 saturated carbocycles. The Morgan fingerprint density at radius 3 is 1.76 bits per heavy atom. The molecule has 0 amide bonds. The van der Waals surface area contributed by atoms with E-state index in [9.17, 15) is 4.79 Å². The van der Waals surface area contributed by atoms with Gasteiger partial charge in [0.2, 0.25) is 0 Å². The van der Waals surface area contributed by atoms with E-state index in [0.717, 1.165) is 19.1 Å². The Morgan fingerprint density at radius 2 is 1.31 bits per heavy atom. The van der Waals surface area contributed by atoms with Crippen LogP contribution in [-0.4, -0.2) is 23.6 Å². The van der Waals surface area contributed by atoms with Crippen molar-refractivity contribution in [1.82, 2.24) is 0 Å². The molecule has 29 heavy (non-hydrogen) atoms. The van der Waals surface area contributed by atoms with Gasteiger partial charge in [-0.05, 0) is 0 Å². The van der Waals surface area contributed by atoms with Crippen LogP contribution in [0, 0.1) is 5.92 Å². The maximum atomic E-state index is 13.1. The zero-order valence-corrected chi connectivity index (χ0v) is 20.7. The summed E-state index contributed by atoms with van der Waals surface area (Å²) in [5.74, 6) is -0.0311. The topological polar surface area (TPSA) is 26.3 Å². The van der Waals surface area contributed by atoms with Crippen molar-refractivity contribution in [2.75, 3.05) is 0 Å². The van der Waals surface area contributed by atoms with Crippen LogP contribution < -0.4 is 7.16 Å². The molecule has 0 aliphatic heterocycles. The molecule has 0 aromatic heterocycles. The first kappa shape index (κ1) is 21.9. The van der Waals surface area contributed by atoms with Gasteiger partial charge in [0, 0.05) is 0 Å². The predicted octanol–water partition coefficient (Wildman–Crippen LogP) is 5.03. The summed E-state index contributed by atoms with van der Waals surface area (Å²) in [6.45, 7) is 6.29. The summed E-state index contributed by atoms with van der Waals surface area (Å²) < 4.78 is 8.02. The maximum absolute atomic E-state index is 13.1. The molecule has 3 rings (SSSR count). The molecule has 4 heteroatoms. The molecule has 0 aliphatic carbocycles. The average molecular weight is 514 g/mol. The van der Waals surface area contributed by atoms with Crippen LogP contribution in [0.1, 0.15) is 37.8 Å². The van der Waals surface area contributed by atoms with E-state index >= 15 is 0 Å². The van der Waals surface area contributed by atoms with Crippen LogP contribution in [0.15, 0.2) is 84.9 Å². The molecule has 0 bridgehead atoms. The average Bonchev–Trinajstić information content (AvgIpc) is 2.74. The van der Waals surface area contributed by atoms with Crippen LogP contribution in [0.3, 0.4) is 0 Å². The molecule has 0 saturated heterocycles. The van der Waals surface area contributed by atoms with Crippen LogP contribution in [-0.2, 0) is 14.3 Å². The number of hydrogen-bond donors (Lipinski definition) is 0. The molecule has 0 spiro atoms. The second kappa shape index (κ2) is 9.81. The van der Waals surface area contributed by atoms with Gasteiger partial charge < -0.3 is 0 Å². The molecular weight excluding hydrogens is 486 g/mol. The fourth-order valence-electron chi connectivity index (χ4n) is 3.37. The van der Waals surface area contributed by atoms with Gasteiger partial charge in [0.1, 0.15) is 0 Å². The van der Waals surface area contributed by atoms with Gasteiger partial charge in [0.05, 0.1) is 0 Å². The molecule has 0 radical (unpaired) electrons. The first-order valence-electron chi connectivity index (χ1n) is 10.0. The van der Waals surface area contributed by atoms with Crippen molar-refractivity contribution in [1.29, 1.82) is 0 Å². The van der Waals surface area contributed by atoms with Gasteiger partial charge in [-0.15, -0.1) is 0 Å². The van der Waals surface area contributed by atoms with Crippen molar-refractivity contribution >= 4 is 39.7 Å². The Balaban J connectivity index is 1.85. The summed E-state index contributed by atoms with van der Waals surface area (Å²) in [5.41, 5.74) is 2.23. The SMILES string of the molecule is CC(C)Cc1ccc(C(C)C(=O)[O][Sn]([Cl])([c]2ccccc2)[c]2ccccc2)cc1. The van der Waals surface area contributed by atoms with E-state index in [1.54, 1.807) is 0 Å². The van der Waals surface area contributed by atoms with Crippen LogP contribution >= 0.6 is 8.92 Å². The summed E-state index contributed by atoms with van der Waals surface area (Å²) in [6.07, 6.45) is 1.03. The fourth-order valence-corrected chi connectivity index (χ4v) is 12.0. The van der Waals surface area contributed by atoms with E-state index < -0.39 is 17.7 Å². The number of carbonyl (C=O) groups excluding carboxylic acids is 1. The Labute approximate surface area is 182 Å². The third kappa shape index (κ3) is 5.43. The van der Waals surface area contributed by atoms with Crippen molar-refractivity contribution in [3.8, 4) is 0 Å². The van der Waals surface area contributed by atoms with Crippen molar-refractivity contribution in [2.45, 2.75) is 33.1 Å². The molecule has 0 fully saturated rings. The number of halogens is 1. The van der Waals surface area contributed by atoms with Crippen LogP contribution in [0.5, 0.6) is 0 Å².